The summed E-state index contributed by atoms with van der Waals surface area (Å²) in [5, 5.41) is 11.4. The van der Waals surface area contributed by atoms with Crippen LogP contribution in [0.4, 0.5) is 0 Å². The molecule has 4 rings (SSSR count). The molecule has 0 bridgehead atoms. The van der Waals surface area contributed by atoms with Crippen molar-refractivity contribution < 1.29 is 22.8 Å². The Kier molecular flexibility index (Phi) is 12.2. The monoisotopic (exact) mass is 666 g/mol. The summed E-state index contributed by atoms with van der Waals surface area (Å²) in [5.41, 5.74) is 7.02. The van der Waals surface area contributed by atoms with Crippen LogP contribution in [0.3, 0.4) is 0 Å². The molecule has 2 fully saturated rings. The molecule has 2 aromatic carbocycles. The zero-order valence-corrected chi connectivity index (χ0v) is 28.7. The lowest BCUT2D eigenvalue weighted by Crippen LogP contribution is -2.56. The number of benzene rings is 2. The highest BCUT2D eigenvalue weighted by molar-refractivity contribution is 7.88. The number of sulfonamides is 1. The normalized spacial score (nSPS) is 18.3. The SMILES string of the molecule is CC(C)(CCCc1ccccc1)C(=O)NC(=N)N1CCC(CN([C@H](Cc2ccccc2)C(=O)N2CCC[C@H]2C(N)=O)S(C)(=O)=O)CC1. The minimum absolute atomic E-state index is 0.0493. The van der Waals surface area contributed by atoms with Crippen LogP contribution in [0.25, 0.3) is 0 Å². The van der Waals surface area contributed by atoms with Gasteiger partial charge >= 0.3 is 0 Å². The van der Waals surface area contributed by atoms with Crippen molar-refractivity contribution in [2.24, 2.45) is 17.1 Å². The fourth-order valence-electron chi connectivity index (χ4n) is 6.60. The Hall–Kier alpha value is -3.77. The number of piperidine rings is 1. The number of hydrogen-bond donors (Lipinski definition) is 3. The Morgan fingerprint density at radius 3 is 2.15 bits per heavy atom. The number of guanidine groups is 1. The molecular formula is C35H50N6O5S. The lowest BCUT2D eigenvalue weighted by molar-refractivity contribution is -0.140. The Morgan fingerprint density at radius 2 is 1.57 bits per heavy atom. The first-order valence-electron chi connectivity index (χ1n) is 16.6. The minimum atomic E-state index is -3.83. The van der Waals surface area contributed by atoms with Crippen LogP contribution in [0.2, 0.25) is 0 Å². The molecule has 2 atom stereocenters. The summed E-state index contributed by atoms with van der Waals surface area (Å²) in [5.74, 6) is -1.20. The number of nitrogens with one attached hydrogen (secondary N) is 2. The second kappa shape index (κ2) is 15.9. The number of carbonyl (C=O) groups excluding carboxylic acids is 3. The van der Waals surface area contributed by atoms with Gasteiger partial charge in [-0.15, -0.1) is 0 Å². The van der Waals surface area contributed by atoms with Crippen LogP contribution in [-0.2, 0) is 37.2 Å². The van der Waals surface area contributed by atoms with Crippen molar-refractivity contribution in [1.82, 2.24) is 19.4 Å². The van der Waals surface area contributed by atoms with E-state index in [9.17, 15) is 22.8 Å². The summed E-state index contributed by atoms with van der Waals surface area (Å²) >= 11 is 0. The zero-order chi connectivity index (χ0) is 34.2. The van der Waals surface area contributed by atoms with E-state index in [-0.39, 0.29) is 30.8 Å². The van der Waals surface area contributed by atoms with Crippen LogP contribution in [-0.4, -0.2) is 90.7 Å². The number of primary amides is 1. The first-order chi connectivity index (χ1) is 22.3. The van der Waals surface area contributed by atoms with Gasteiger partial charge in [-0.3, -0.25) is 25.1 Å². The van der Waals surface area contributed by atoms with Crippen LogP contribution < -0.4 is 11.1 Å². The van der Waals surface area contributed by atoms with Gasteiger partial charge in [-0.2, -0.15) is 4.31 Å². The van der Waals surface area contributed by atoms with Crippen molar-refractivity contribution in [3.63, 3.8) is 0 Å². The molecule has 256 valence electrons. The number of nitrogens with two attached hydrogens (primary N) is 1. The van der Waals surface area contributed by atoms with E-state index in [2.05, 4.69) is 17.4 Å². The number of hydrogen-bond acceptors (Lipinski definition) is 6. The first kappa shape index (κ1) is 36.1. The van der Waals surface area contributed by atoms with Gasteiger partial charge in [-0.05, 0) is 68.4 Å². The molecule has 2 aliphatic heterocycles. The van der Waals surface area contributed by atoms with Gasteiger partial charge < -0.3 is 15.5 Å². The standard InChI is InChI=1S/C35H50N6O5S/c1-35(2,20-10-16-26-12-6-4-7-13-26)33(44)38-34(37)39-22-18-28(19-23-39)25-41(47(3,45)46)30(24-27-14-8-5-9-15-27)32(43)40-21-11-17-29(40)31(36)42/h4-9,12-15,28-30H,10-11,16-25H2,1-3H3,(H2,36,42)(H2,37,38,44)/t29-,30+/m0/s1. The predicted octanol–water partition coefficient (Wildman–Crippen LogP) is 3.15. The highest BCUT2D eigenvalue weighted by atomic mass is 32.2. The quantitative estimate of drug-likeness (QED) is 0.220. The van der Waals surface area contributed by atoms with Crippen molar-refractivity contribution in [3.8, 4) is 0 Å². The van der Waals surface area contributed by atoms with Crippen molar-refractivity contribution in [2.45, 2.75) is 77.3 Å². The van der Waals surface area contributed by atoms with Crippen LogP contribution in [0.15, 0.2) is 60.7 Å². The predicted molar refractivity (Wildman–Crippen MR) is 183 cm³/mol. The molecule has 0 aliphatic carbocycles. The molecule has 0 radical (unpaired) electrons. The van der Waals surface area contributed by atoms with Gasteiger partial charge in [0, 0.05) is 31.6 Å². The van der Waals surface area contributed by atoms with Crippen molar-refractivity contribution in [3.05, 3.63) is 71.8 Å². The lowest BCUT2D eigenvalue weighted by Gasteiger charge is -2.38. The van der Waals surface area contributed by atoms with Crippen LogP contribution in [0, 0.1) is 16.7 Å². The number of rotatable bonds is 13. The summed E-state index contributed by atoms with van der Waals surface area (Å²) in [4.78, 5) is 42.5. The number of aryl methyl sites for hydroxylation is 1. The van der Waals surface area contributed by atoms with E-state index < -0.39 is 39.3 Å². The smallest absolute Gasteiger partial charge is 0.242 e. The Bertz CT molecular complexity index is 1490. The number of carbonyl (C=O) groups is 3. The average molecular weight is 667 g/mol. The van der Waals surface area contributed by atoms with Crippen LogP contribution in [0.1, 0.15) is 63.5 Å². The Labute approximate surface area is 279 Å². The second-order valence-electron chi connectivity index (χ2n) is 13.6. The fourth-order valence-corrected chi connectivity index (χ4v) is 7.71. The van der Waals surface area contributed by atoms with E-state index in [1.807, 2.05) is 67.3 Å². The molecule has 2 heterocycles. The van der Waals surface area contributed by atoms with Gasteiger partial charge in [0.1, 0.15) is 12.1 Å². The largest absolute Gasteiger partial charge is 0.368 e. The summed E-state index contributed by atoms with van der Waals surface area (Å²) in [6.07, 6.45) is 5.98. The first-order valence-corrected chi connectivity index (χ1v) is 18.4. The van der Waals surface area contributed by atoms with Gasteiger partial charge in [0.25, 0.3) is 0 Å². The van der Waals surface area contributed by atoms with E-state index in [1.54, 1.807) is 0 Å². The molecule has 12 heteroatoms. The molecule has 0 saturated carbocycles. The molecule has 2 saturated heterocycles. The van der Waals surface area contributed by atoms with E-state index in [0.717, 1.165) is 24.7 Å². The molecule has 47 heavy (non-hydrogen) atoms. The molecule has 0 unspecified atom stereocenters. The zero-order valence-electron chi connectivity index (χ0n) is 27.9. The maximum Gasteiger partial charge on any atom is 0.242 e. The van der Waals surface area contributed by atoms with Crippen molar-refractivity contribution in [2.75, 3.05) is 32.4 Å². The maximum absolute atomic E-state index is 14.0. The van der Waals surface area contributed by atoms with Gasteiger partial charge in [-0.25, -0.2) is 8.42 Å². The summed E-state index contributed by atoms with van der Waals surface area (Å²) in [6.45, 7) is 5.23. The maximum atomic E-state index is 14.0. The minimum Gasteiger partial charge on any atom is -0.368 e. The lowest BCUT2D eigenvalue weighted by atomic mass is 9.85. The molecule has 11 nitrogen and oxygen atoms in total. The van der Waals surface area contributed by atoms with Gasteiger partial charge in [0.15, 0.2) is 5.96 Å². The fraction of sp³-hybridized carbons (Fsp3) is 0.543. The highest BCUT2D eigenvalue weighted by Crippen LogP contribution is 2.27. The van der Waals surface area contributed by atoms with E-state index in [1.165, 1.54) is 14.8 Å². The molecule has 4 N–H and O–H groups in total. The Balaban J connectivity index is 1.38. The highest BCUT2D eigenvalue weighted by Gasteiger charge is 2.42. The number of amides is 3. The average Bonchev–Trinajstić information content (AvgIpc) is 3.54. The van der Waals surface area contributed by atoms with E-state index in [4.69, 9.17) is 11.1 Å². The number of nitrogens with zero attached hydrogens (tertiary/aromatic N) is 3. The van der Waals surface area contributed by atoms with E-state index >= 15 is 0 Å². The molecule has 3 amide bonds. The topological polar surface area (TPSA) is 157 Å². The summed E-state index contributed by atoms with van der Waals surface area (Å²) < 4.78 is 27.9. The van der Waals surface area contributed by atoms with Crippen LogP contribution >= 0.6 is 0 Å². The van der Waals surface area contributed by atoms with Gasteiger partial charge in [0.05, 0.1) is 6.26 Å². The third-order valence-corrected chi connectivity index (χ3v) is 10.8. The van der Waals surface area contributed by atoms with Crippen molar-refractivity contribution >= 4 is 33.7 Å². The van der Waals surface area contributed by atoms with E-state index in [0.29, 0.717) is 51.7 Å². The molecular weight excluding hydrogens is 616 g/mol. The Morgan fingerprint density at radius 1 is 0.979 bits per heavy atom. The third-order valence-electron chi connectivity index (χ3n) is 9.52. The van der Waals surface area contributed by atoms with Crippen molar-refractivity contribution in [1.29, 1.82) is 5.41 Å². The molecule has 2 aromatic rings. The molecule has 2 aliphatic rings. The third kappa shape index (κ3) is 9.87. The summed E-state index contributed by atoms with van der Waals surface area (Å²) in [6, 6.07) is 17.7. The van der Waals surface area contributed by atoms with Crippen LogP contribution in [0.5, 0.6) is 0 Å². The summed E-state index contributed by atoms with van der Waals surface area (Å²) in [7, 11) is -3.83. The number of likely N-dealkylation sites (tertiary alicyclic amines) is 2. The molecule has 0 aromatic heterocycles. The molecule has 0 spiro atoms. The second-order valence-corrected chi connectivity index (χ2v) is 15.5. The van der Waals surface area contributed by atoms with Gasteiger partial charge in [0.2, 0.25) is 27.7 Å². The van der Waals surface area contributed by atoms with Gasteiger partial charge in [-0.1, -0.05) is 74.5 Å².